The zero-order valence-corrected chi connectivity index (χ0v) is 14.1. The summed E-state index contributed by atoms with van der Waals surface area (Å²) >= 11 is 0. The molecular weight excluding hydrogens is 288 g/mol. The highest BCUT2D eigenvalue weighted by atomic mass is 32.2. The summed E-state index contributed by atoms with van der Waals surface area (Å²) in [6.45, 7) is 9.58. The van der Waals surface area contributed by atoms with Crippen molar-refractivity contribution in [3.63, 3.8) is 0 Å². The Bertz CT molecular complexity index is 567. The second-order valence-electron chi connectivity index (χ2n) is 6.23. The second-order valence-corrected chi connectivity index (χ2v) is 8.71. The number of hydrogen-bond acceptors (Lipinski definition) is 4. The van der Waals surface area contributed by atoms with E-state index in [0.717, 1.165) is 18.7 Å². The Morgan fingerprint density at radius 3 is 2.76 bits per heavy atom. The number of rotatable bonds is 5. The number of sulfonamides is 1. The van der Waals surface area contributed by atoms with E-state index in [0.29, 0.717) is 25.0 Å². The molecule has 6 nitrogen and oxygen atoms in total. The normalized spacial score (nSPS) is 24.6. The Labute approximate surface area is 127 Å². The van der Waals surface area contributed by atoms with Crippen molar-refractivity contribution in [3.05, 3.63) is 17.5 Å². The summed E-state index contributed by atoms with van der Waals surface area (Å²) in [6.07, 6.45) is 2.69. The van der Waals surface area contributed by atoms with Crippen molar-refractivity contribution in [2.75, 3.05) is 13.1 Å². The van der Waals surface area contributed by atoms with Gasteiger partial charge in [0.2, 0.25) is 10.0 Å². The van der Waals surface area contributed by atoms with Crippen molar-refractivity contribution in [3.8, 4) is 0 Å². The molecule has 0 aromatic carbocycles. The van der Waals surface area contributed by atoms with Crippen LogP contribution < -0.4 is 5.32 Å². The lowest BCUT2D eigenvalue weighted by atomic mass is 9.95. The predicted molar refractivity (Wildman–Crippen MR) is 83.4 cm³/mol. The largest absolute Gasteiger partial charge is 0.309 e. The fraction of sp³-hybridized carbons (Fsp3) is 0.786. The van der Waals surface area contributed by atoms with E-state index in [1.807, 2.05) is 13.1 Å². The average Bonchev–Trinajstić information content (AvgIpc) is 2.82. The highest BCUT2D eigenvalue weighted by molar-refractivity contribution is 7.89. The molecule has 1 fully saturated rings. The Hall–Kier alpha value is -0.920. The number of H-pyrrole nitrogens is 1. The van der Waals surface area contributed by atoms with Gasteiger partial charge in [-0.25, -0.2) is 12.7 Å². The van der Waals surface area contributed by atoms with Gasteiger partial charge >= 0.3 is 0 Å². The summed E-state index contributed by atoms with van der Waals surface area (Å²) in [5.41, 5.74) is 2.24. The number of aromatic amines is 1. The second kappa shape index (κ2) is 6.46. The first-order valence-corrected chi connectivity index (χ1v) is 9.04. The molecule has 2 atom stereocenters. The van der Waals surface area contributed by atoms with Gasteiger partial charge < -0.3 is 5.32 Å². The van der Waals surface area contributed by atoms with Crippen molar-refractivity contribution >= 4 is 10.0 Å². The Kier molecular flexibility index (Phi) is 5.06. The van der Waals surface area contributed by atoms with Crippen LogP contribution in [0.3, 0.4) is 0 Å². The molecule has 21 heavy (non-hydrogen) atoms. The Balaban J connectivity index is 1.91. The summed E-state index contributed by atoms with van der Waals surface area (Å²) in [5.74, 6) is 0.305. The smallest absolute Gasteiger partial charge is 0.216 e. The molecule has 0 bridgehead atoms. The highest BCUT2D eigenvalue weighted by Gasteiger charge is 2.33. The first kappa shape index (κ1) is 16.5. The van der Waals surface area contributed by atoms with E-state index in [1.165, 1.54) is 5.56 Å². The minimum atomic E-state index is -3.13. The molecule has 1 aliphatic rings. The van der Waals surface area contributed by atoms with E-state index < -0.39 is 10.0 Å². The van der Waals surface area contributed by atoms with Gasteiger partial charge in [-0.3, -0.25) is 5.10 Å². The number of aromatic nitrogens is 2. The number of hydrogen-bond donors (Lipinski definition) is 2. The minimum absolute atomic E-state index is 0.305. The first-order valence-electron chi connectivity index (χ1n) is 7.53. The topological polar surface area (TPSA) is 78.1 Å². The van der Waals surface area contributed by atoms with E-state index >= 15 is 0 Å². The van der Waals surface area contributed by atoms with Crippen molar-refractivity contribution < 1.29 is 8.42 Å². The molecule has 0 saturated carbocycles. The van der Waals surface area contributed by atoms with Gasteiger partial charge in [0.05, 0.1) is 11.4 Å². The molecule has 0 radical (unpaired) electrons. The van der Waals surface area contributed by atoms with Crippen LogP contribution in [-0.4, -0.2) is 47.3 Å². The third-order valence-electron chi connectivity index (χ3n) is 4.31. The molecule has 1 aromatic heterocycles. The first-order chi connectivity index (χ1) is 9.82. The maximum Gasteiger partial charge on any atom is 0.216 e. The van der Waals surface area contributed by atoms with Crippen molar-refractivity contribution in [2.24, 2.45) is 5.92 Å². The van der Waals surface area contributed by atoms with Gasteiger partial charge in [-0.2, -0.15) is 5.10 Å². The monoisotopic (exact) mass is 314 g/mol. The van der Waals surface area contributed by atoms with Crippen LogP contribution in [0.1, 0.15) is 38.4 Å². The molecule has 0 spiro atoms. The Morgan fingerprint density at radius 1 is 1.52 bits per heavy atom. The van der Waals surface area contributed by atoms with Crippen LogP contribution in [-0.2, 0) is 16.6 Å². The van der Waals surface area contributed by atoms with Gasteiger partial charge in [-0.1, -0.05) is 6.92 Å². The van der Waals surface area contributed by atoms with E-state index in [4.69, 9.17) is 0 Å². The van der Waals surface area contributed by atoms with Crippen LogP contribution in [0.2, 0.25) is 0 Å². The quantitative estimate of drug-likeness (QED) is 0.857. The van der Waals surface area contributed by atoms with Gasteiger partial charge in [-0.05, 0) is 33.1 Å². The number of aryl methyl sites for hydroxylation is 1. The van der Waals surface area contributed by atoms with Crippen molar-refractivity contribution in [1.29, 1.82) is 0 Å². The zero-order chi connectivity index (χ0) is 15.6. The molecule has 0 amide bonds. The molecule has 1 aromatic rings. The van der Waals surface area contributed by atoms with Gasteiger partial charge in [0.25, 0.3) is 0 Å². The standard InChI is InChI=1S/C14H26N4O2S/c1-10(2)21(19,20)18-6-5-14(11(3)9-18)15-7-13-8-16-17-12(13)4/h8,10-11,14-15H,5-7,9H2,1-4H3,(H,16,17)/t11-,14+/m1/s1. The van der Waals surface area contributed by atoms with Crippen LogP contribution in [0.5, 0.6) is 0 Å². The van der Waals surface area contributed by atoms with Crippen LogP contribution in [0.15, 0.2) is 6.20 Å². The van der Waals surface area contributed by atoms with Crippen LogP contribution in [0.4, 0.5) is 0 Å². The van der Waals surface area contributed by atoms with Crippen molar-refractivity contribution in [1.82, 2.24) is 19.8 Å². The third-order valence-corrected chi connectivity index (χ3v) is 6.56. The van der Waals surface area contributed by atoms with Crippen LogP contribution >= 0.6 is 0 Å². The Morgan fingerprint density at radius 2 is 2.24 bits per heavy atom. The zero-order valence-electron chi connectivity index (χ0n) is 13.3. The van der Waals surface area contributed by atoms with E-state index in [2.05, 4.69) is 22.4 Å². The number of nitrogens with zero attached hydrogens (tertiary/aromatic N) is 2. The van der Waals surface area contributed by atoms with Gasteiger partial charge in [-0.15, -0.1) is 0 Å². The lowest BCUT2D eigenvalue weighted by Gasteiger charge is -2.37. The predicted octanol–water partition coefficient (Wildman–Crippen LogP) is 1.26. The number of nitrogens with one attached hydrogen (secondary N) is 2. The van der Waals surface area contributed by atoms with Crippen LogP contribution in [0, 0.1) is 12.8 Å². The molecule has 0 unspecified atom stereocenters. The summed E-state index contributed by atoms with van der Waals surface area (Å²) in [4.78, 5) is 0. The molecule has 7 heteroatoms. The summed E-state index contributed by atoms with van der Waals surface area (Å²) in [7, 11) is -3.13. The van der Waals surface area contributed by atoms with E-state index in [-0.39, 0.29) is 5.25 Å². The van der Waals surface area contributed by atoms with Gasteiger partial charge in [0, 0.05) is 36.9 Å². The summed E-state index contributed by atoms with van der Waals surface area (Å²) < 4.78 is 26.1. The highest BCUT2D eigenvalue weighted by Crippen LogP contribution is 2.22. The van der Waals surface area contributed by atoms with E-state index in [1.54, 1.807) is 18.2 Å². The van der Waals surface area contributed by atoms with Crippen LogP contribution in [0.25, 0.3) is 0 Å². The maximum absolute atomic E-state index is 12.2. The number of piperidine rings is 1. The van der Waals surface area contributed by atoms with E-state index in [9.17, 15) is 8.42 Å². The minimum Gasteiger partial charge on any atom is -0.309 e. The van der Waals surface area contributed by atoms with Gasteiger partial charge in [0.15, 0.2) is 0 Å². The maximum atomic E-state index is 12.2. The molecular formula is C14H26N4O2S. The third kappa shape index (κ3) is 3.64. The molecule has 2 rings (SSSR count). The molecule has 1 saturated heterocycles. The van der Waals surface area contributed by atoms with Crippen molar-refractivity contribution in [2.45, 2.75) is 52.0 Å². The molecule has 0 aliphatic carbocycles. The van der Waals surface area contributed by atoms with Gasteiger partial charge in [0.1, 0.15) is 0 Å². The fourth-order valence-electron chi connectivity index (χ4n) is 2.73. The molecule has 2 heterocycles. The fourth-order valence-corrected chi connectivity index (χ4v) is 4.13. The average molecular weight is 314 g/mol. The molecule has 120 valence electrons. The SMILES string of the molecule is Cc1[nH]ncc1CN[C@H]1CCN(S(=O)(=O)C(C)C)C[C@H]1C. The molecule has 2 N–H and O–H groups in total. The summed E-state index contributed by atoms with van der Waals surface area (Å²) in [6, 6.07) is 0.345. The molecule has 1 aliphatic heterocycles. The summed E-state index contributed by atoms with van der Waals surface area (Å²) in [5, 5.41) is 10.1. The lowest BCUT2D eigenvalue weighted by Crippen LogP contribution is -2.51. The lowest BCUT2D eigenvalue weighted by molar-refractivity contribution is 0.218.